The van der Waals surface area contributed by atoms with E-state index in [4.69, 9.17) is 4.74 Å². The number of aromatic nitrogens is 1. The van der Waals surface area contributed by atoms with Gasteiger partial charge in [-0.2, -0.15) is 0 Å². The lowest BCUT2D eigenvalue weighted by Crippen LogP contribution is -2.23. The summed E-state index contributed by atoms with van der Waals surface area (Å²) < 4.78 is 9.27. The van der Waals surface area contributed by atoms with Gasteiger partial charge in [0.2, 0.25) is 0 Å². The van der Waals surface area contributed by atoms with E-state index in [-0.39, 0.29) is 18.7 Å². The van der Waals surface area contributed by atoms with Gasteiger partial charge in [0, 0.05) is 11.8 Å². The first-order valence-corrected chi connectivity index (χ1v) is 6.47. The molecule has 1 aromatic rings. The van der Waals surface area contributed by atoms with Gasteiger partial charge in [0.25, 0.3) is 0 Å². The van der Waals surface area contributed by atoms with Gasteiger partial charge in [-0.3, -0.25) is 4.79 Å². The van der Waals surface area contributed by atoms with Crippen molar-refractivity contribution in [3.8, 4) is 0 Å². The molecule has 0 bridgehead atoms. The quantitative estimate of drug-likeness (QED) is 0.737. The second-order valence-corrected chi connectivity index (χ2v) is 4.45. The van der Waals surface area contributed by atoms with Gasteiger partial charge in [-0.15, -0.1) is 0 Å². The van der Waals surface area contributed by atoms with Crippen molar-refractivity contribution in [1.82, 2.24) is 4.98 Å². The fourth-order valence-corrected chi connectivity index (χ4v) is 1.79. The number of methoxy groups -OCH3 is 1. The van der Waals surface area contributed by atoms with Crippen LogP contribution in [0.4, 0.5) is 0 Å². The van der Waals surface area contributed by atoms with Crippen molar-refractivity contribution in [3.05, 3.63) is 29.1 Å². The smallest absolute Gasteiger partial charge is 0.356 e. The number of nitrogens with zero attached hydrogens (tertiary/aromatic N) is 1. The van der Waals surface area contributed by atoms with Crippen molar-refractivity contribution in [3.63, 3.8) is 0 Å². The van der Waals surface area contributed by atoms with Crippen LogP contribution in [-0.2, 0) is 14.3 Å². The van der Waals surface area contributed by atoms with Crippen molar-refractivity contribution in [2.24, 2.45) is 0 Å². The Hall–Kier alpha value is -1.99. The van der Waals surface area contributed by atoms with E-state index >= 15 is 0 Å². The summed E-state index contributed by atoms with van der Waals surface area (Å²) in [6, 6.07) is 1.51. The summed E-state index contributed by atoms with van der Waals surface area (Å²) in [5.41, 5.74) is 0.937. The highest BCUT2D eigenvalue weighted by Gasteiger charge is 2.23. The molecule has 2 atom stereocenters. The summed E-state index contributed by atoms with van der Waals surface area (Å²) in [6.07, 6.45) is -1.67. The number of esters is 2. The first-order chi connectivity index (χ1) is 9.90. The van der Waals surface area contributed by atoms with Crippen LogP contribution in [-0.4, -0.2) is 47.0 Å². The summed E-state index contributed by atoms with van der Waals surface area (Å²) >= 11 is 0. The summed E-state index contributed by atoms with van der Waals surface area (Å²) in [6.45, 7) is 3.49. The Morgan fingerprint density at radius 2 is 2.05 bits per heavy atom. The van der Waals surface area contributed by atoms with Crippen molar-refractivity contribution < 1.29 is 29.3 Å². The molecule has 0 aromatic carbocycles. The van der Waals surface area contributed by atoms with Gasteiger partial charge in [0.1, 0.15) is 6.10 Å². The van der Waals surface area contributed by atoms with Crippen molar-refractivity contribution in [2.45, 2.75) is 32.5 Å². The van der Waals surface area contributed by atoms with Crippen LogP contribution in [0.15, 0.2) is 12.3 Å². The molecule has 0 aliphatic heterocycles. The lowest BCUT2D eigenvalue weighted by Gasteiger charge is -2.18. The number of carbonyl (C=O) groups is 2. The average molecular weight is 297 g/mol. The fourth-order valence-electron chi connectivity index (χ4n) is 1.79. The van der Waals surface area contributed by atoms with Crippen LogP contribution in [0.5, 0.6) is 0 Å². The van der Waals surface area contributed by atoms with Crippen LogP contribution in [0.1, 0.15) is 41.1 Å². The lowest BCUT2D eigenvalue weighted by atomic mass is 10.0. The molecule has 1 aromatic heterocycles. The Labute approximate surface area is 122 Å². The van der Waals surface area contributed by atoms with Crippen LogP contribution in [0.2, 0.25) is 0 Å². The lowest BCUT2D eigenvalue weighted by molar-refractivity contribution is -0.147. The molecule has 0 saturated heterocycles. The summed E-state index contributed by atoms with van der Waals surface area (Å²) in [5, 5.41) is 19.8. The van der Waals surface area contributed by atoms with Crippen molar-refractivity contribution in [1.29, 1.82) is 0 Å². The summed E-state index contributed by atoms with van der Waals surface area (Å²) in [7, 11) is 1.25. The van der Waals surface area contributed by atoms with Crippen LogP contribution in [0, 0.1) is 6.92 Å². The number of ether oxygens (including phenoxy) is 2. The third-order valence-corrected chi connectivity index (χ3v) is 2.87. The third kappa shape index (κ3) is 4.51. The largest absolute Gasteiger partial charge is 0.466 e. The second-order valence-electron chi connectivity index (χ2n) is 4.45. The maximum atomic E-state index is 11.4. The zero-order chi connectivity index (χ0) is 16.0. The van der Waals surface area contributed by atoms with Gasteiger partial charge in [-0.05, 0) is 25.5 Å². The predicted octanol–water partition coefficient (Wildman–Crippen LogP) is 0.524. The van der Waals surface area contributed by atoms with Crippen molar-refractivity contribution in [2.75, 3.05) is 13.7 Å². The topological polar surface area (TPSA) is 106 Å². The van der Waals surface area contributed by atoms with Crippen molar-refractivity contribution >= 4 is 11.9 Å². The van der Waals surface area contributed by atoms with E-state index in [0.29, 0.717) is 11.1 Å². The highest BCUT2D eigenvalue weighted by atomic mass is 16.5. The monoisotopic (exact) mass is 297 g/mol. The minimum atomic E-state index is -1.31. The molecule has 7 heteroatoms. The number of pyridine rings is 1. The molecule has 0 saturated carbocycles. The first kappa shape index (κ1) is 17.1. The molecule has 0 aliphatic rings. The van der Waals surface area contributed by atoms with Crippen LogP contribution in [0.3, 0.4) is 0 Å². The van der Waals surface area contributed by atoms with Gasteiger partial charge >= 0.3 is 11.9 Å². The summed E-state index contributed by atoms with van der Waals surface area (Å²) in [4.78, 5) is 26.6. The molecular formula is C14H19NO6. The number of hydrogen-bond acceptors (Lipinski definition) is 7. The highest BCUT2D eigenvalue weighted by Crippen LogP contribution is 2.21. The van der Waals surface area contributed by atoms with Gasteiger partial charge in [-0.25, -0.2) is 9.78 Å². The summed E-state index contributed by atoms with van der Waals surface area (Å²) in [5.74, 6) is -1.18. The SMILES string of the molecule is CCOC(=O)CC(O)C(O)c1cnc(C(=O)OC)c(C)c1. The molecule has 1 heterocycles. The normalized spacial score (nSPS) is 13.4. The Balaban J connectivity index is 2.83. The molecule has 21 heavy (non-hydrogen) atoms. The van der Waals surface area contributed by atoms with E-state index in [9.17, 15) is 19.8 Å². The zero-order valence-electron chi connectivity index (χ0n) is 12.2. The molecule has 0 aliphatic carbocycles. The average Bonchev–Trinajstić information content (AvgIpc) is 2.45. The number of carbonyl (C=O) groups excluding carboxylic acids is 2. The number of aryl methyl sites for hydroxylation is 1. The van der Waals surface area contributed by atoms with E-state index in [1.54, 1.807) is 13.8 Å². The maximum Gasteiger partial charge on any atom is 0.356 e. The van der Waals surface area contributed by atoms with E-state index in [0.717, 1.165) is 0 Å². The highest BCUT2D eigenvalue weighted by molar-refractivity contribution is 5.88. The molecule has 2 N–H and O–H groups in total. The van der Waals surface area contributed by atoms with Crippen LogP contribution in [0.25, 0.3) is 0 Å². The van der Waals surface area contributed by atoms with Crippen LogP contribution < -0.4 is 0 Å². The van der Waals surface area contributed by atoms with E-state index in [1.165, 1.54) is 19.4 Å². The molecule has 0 amide bonds. The molecule has 2 unspecified atom stereocenters. The Morgan fingerprint density at radius 3 is 2.57 bits per heavy atom. The van der Waals surface area contributed by atoms with Gasteiger partial charge < -0.3 is 19.7 Å². The molecule has 0 radical (unpaired) electrons. The van der Waals surface area contributed by atoms with Gasteiger partial charge in [0.05, 0.1) is 26.2 Å². The third-order valence-electron chi connectivity index (χ3n) is 2.87. The molecule has 1 rings (SSSR count). The molecule has 7 nitrogen and oxygen atoms in total. The number of aliphatic hydroxyl groups is 2. The molecular weight excluding hydrogens is 278 g/mol. The van der Waals surface area contributed by atoms with E-state index < -0.39 is 24.1 Å². The molecule has 116 valence electrons. The zero-order valence-corrected chi connectivity index (χ0v) is 12.2. The molecule has 0 spiro atoms. The van der Waals surface area contributed by atoms with Gasteiger partial charge in [0.15, 0.2) is 5.69 Å². The fraction of sp³-hybridized carbons (Fsp3) is 0.500. The Kier molecular flexibility index (Phi) is 6.26. The Bertz CT molecular complexity index is 516. The standard InChI is InChI=1S/C14H19NO6/c1-4-21-11(17)6-10(16)13(18)9-5-8(2)12(15-7-9)14(19)20-3/h5,7,10,13,16,18H,4,6H2,1-3H3. The van der Waals surface area contributed by atoms with Crippen LogP contribution >= 0.6 is 0 Å². The number of rotatable bonds is 6. The Morgan fingerprint density at radius 1 is 1.38 bits per heavy atom. The number of aliphatic hydroxyl groups excluding tert-OH is 2. The molecule has 0 fully saturated rings. The van der Waals surface area contributed by atoms with Gasteiger partial charge in [-0.1, -0.05) is 0 Å². The minimum Gasteiger partial charge on any atom is -0.466 e. The minimum absolute atomic E-state index is 0.133. The predicted molar refractivity (Wildman–Crippen MR) is 72.5 cm³/mol. The maximum absolute atomic E-state index is 11.4. The van der Waals surface area contributed by atoms with E-state index in [2.05, 4.69) is 9.72 Å². The van der Waals surface area contributed by atoms with E-state index in [1.807, 2.05) is 0 Å². The number of hydrogen-bond donors (Lipinski definition) is 2. The first-order valence-electron chi connectivity index (χ1n) is 6.47. The second kappa shape index (κ2) is 7.70.